The normalized spacial score (nSPS) is 11.2. The SMILES string of the molecule is CCCO/N=C(\COc1cccc(CC(=O)O)c1)c1cccc([OH2+])c1. The summed E-state index contributed by atoms with van der Waals surface area (Å²) in [5.41, 5.74) is 2.00. The van der Waals surface area contributed by atoms with Gasteiger partial charge in [0, 0.05) is 17.7 Å². The third kappa shape index (κ3) is 6.18. The Morgan fingerprint density at radius 3 is 2.72 bits per heavy atom. The van der Waals surface area contributed by atoms with Crippen molar-refractivity contribution in [2.24, 2.45) is 5.16 Å². The van der Waals surface area contributed by atoms with Crippen LogP contribution < -0.4 is 4.74 Å². The number of carbonyl (C=O) groups is 1. The van der Waals surface area contributed by atoms with Crippen LogP contribution in [-0.2, 0) is 16.1 Å². The molecule has 0 aliphatic heterocycles. The van der Waals surface area contributed by atoms with Crippen molar-refractivity contribution >= 4 is 11.7 Å². The van der Waals surface area contributed by atoms with Crippen LogP contribution in [0.3, 0.4) is 0 Å². The molecule has 0 aromatic heterocycles. The number of aliphatic carboxylic acids is 1. The topological polar surface area (TPSA) is 91.0 Å². The van der Waals surface area contributed by atoms with Gasteiger partial charge in [-0.2, -0.15) is 0 Å². The van der Waals surface area contributed by atoms with E-state index in [2.05, 4.69) is 5.16 Å². The van der Waals surface area contributed by atoms with Gasteiger partial charge in [-0.05, 0) is 24.1 Å². The lowest BCUT2D eigenvalue weighted by atomic mass is 10.1. The van der Waals surface area contributed by atoms with Crippen LogP contribution in [-0.4, -0.2) is 35.1 Å². The third-order valence-corrected chi connectivity index (χ3v) is 3.30. The smallest absolute Gasteiger partial charge is 0.307 e. The first kappa shape index (κ1) is 18.3. The van der Waals surface area contributed by atoms with Gasteiger partial charge in [-0.25, -0.2) is 0 Å². The molecule has 6 nitrogen and oxygen atoms in total. The summed E-state index contributed by atoms with van der Waals surface area (Å²) in [6.07, 6.45) is 0.784. The van der Waals surface area contributed by atoms with Gasteiger partial charge in [-0.1, -0.05) is 36.3 Å². The van der Waals surface area contributed by atoms with Gasteiger partial charge in [0.25, 0.3) is 5.75 Å². The fraction of sp³-hybridized carbons (Fsp3) is 0.263. The predicted molar refractivity (Wildman–Crippen MR) is 95.6 cm³/mol. The first-order valence-electron chi connectivity index (χ1n) is 8.03. The van der Waals surface area contributed by atoms with Crippen LogP contribution in [0.1, 0.15) is 24.5 Å². The lowest BCUT2D eigenvalue weighted by molar-refractivity contribution is -0.136. The molecular formula is C19H22NO5+. The second kappa shape index (κ2) is 9.32. The molecule has 0 atom stereocenters. The van der Waals surface area contributed by atoms with E-state index in [9.17, 15) is 4.79 Å². The number of nitrogens with zero attached hydrogens (tertiary/aromatic N) is 1. The molecule has 0 radical (unpaired) electrons. The van der Waals surface area contributed by atoms with Gasteiger partial charge in [-0.15, -0.1) is 0 Å². The first-order valence-corrected chi connectivity index (χ1v) is 8.03. The summed E-state index contributed by atoms with van der Waals surface area (Å²) in [6, 6.07) is 13.9. The van der Waals surface area contributed by atoms with Crippen molar-refractivity contribution in [3.63, 3.8) is 0 Å². The van der Waals surface area contributed by atoms with Gasteiger partial charge < -0.3 is 19.8 Å². The molecule has 0 fully saturated rings. The van der Waals surface area contributed by atoms with Gasteiger partial charge in [0.1, 0.15) is 24.7 Å². The molecule has 0 spiro atoms. The zero-order valence-electron chi connectivity index (χ0n) is 14.1. The molecule has 2 aromatic rings. The average Bonchev–Trinajstić information content (AvgIpc) is 2.58. The molecule has 25 heavy (non-hydrogen) atoms. The van der Waals surface area contributed by atoms with E-state index in [1.165, 1.54) is 0 Å². The number of benzene rings is 2. The molecule has 0 aliphatic carbocycles. The van der Waals surface area contributed by atoms with E-state index in [1.807, 2.05) is 13.0 Å². The first-order chi connectivity index (χ1) is 12.1. The van der Waals surface area contributed by atoms with E-state index in [4.69, 9.17) is 19.8 Å². The summed E-state index contributed by atoms with van der Waals surface area (Å²) >= 11 is 0. The quantitative estimate of drug-likeness (QED) is 0.328. The van der Waals surface area contributed by atoms with E-state index in [-0.39, 0.29) is 13.0 Å². The minimum atomic E-state index is -0.889. The number of hydrogen-bond donors (Lipinski definition) is 1. The largest absolute Gasteiger partial charge is 0.593 e. The maximum Gasteiger partial charge on any atom is 0.307 e. The predicted octanol–water partition coefficient (Wildman–Crippen LogP) is 2.96. The summed E-state index contributed by atoms with van der Waals surface area (Å²) in [5.74, 6) is 0.0488. The summed E-state index contributed by atoms with van der Waals surface area (Å²) in [5, 5.41) is 20.7. The fourth-order valence-electron chi connectivity index (χ4n) is 2.15. The van der Waals surface area contributed by atoms with Gasteiger partial charge in [0.2, 0.25) is 0 Å². The van der Waals surface area contributed by atoms with Crippen molar-refractivity contribution in [3.05, 3.63) is 59.7 Å². The van der Waals surface area contributed by atoms with Gasteiger partial charge in [0.05, 0.1) is 6.42 Å². The van der Waals surface area contributed by atoms with Crippen molar-refractivity contribution in [3.8, 4) is 11.5 Å². The van der Waals surface area contributed by atoms with Gasteiger partial charge in [-0.3, -0.25) is 4.79 Å². The Kier molecular flexibility index (Phi) is 6.83. The fourth-order valence-corrected chi connectivity index (χ4v) is 2.15. The molecule has 3 N–H and O–H groups in total. The number of rotatable bonds is 9. The molecule has 0 saturated heterocycles. The number of oxime groups is 1. The minimum Gasteiger partial charge on any atom is -0.593 e. The average molecular weight is 344 g/mol. The maximum atomic E-state index is 10.8. The number of ether oxygens (including phenoxy) is 1. The maximum absolute atomic E-state index is 10.8. The molecule has 6 heteroatoms. The Hall–Kier alpha value is -3.02. The molecule has 0 unspecified atom stereocenters. The van der Waals surface area contributed by atoms with Crippen LogP contribution in [0.15, 0.2) is 53.7 Å². The molecule has 2 rings (SSSR count). The van der Waals surface area contributed by atoms with Crippen LogP contribution in [0.25, 0.3) is 0 Å². The standard InChI is InChI=1S/C19H21NO5/c1-2-9-25-20-18(15-6-4-7-16(21)12-15)13-24-17-8-3-5-14(10-17)11-19(22)23/h3-8,10,12,21H,2,9,11,13H2,1H3,(H,22,23)/p+1/b20-18+. The highest BCUT2D eigenvalue weighted by atomic mass is 16.6. The molecule has 0 heterocycles. The second-order valence-corrected chi connectivity index (χ2v) is 5.46. The highest BCUT2D eigenvalue weighted by molar-refractivity contribution is 6.01. The van der Waals surface area contributed by atoms with Gasteiger partial charge >= 0.3 is 5.97 Å². The Morgan fingerprint density at radius 2 is 2.00 bits per heavy atom. The zero-order valence-corrected chi connectivity index (χ0v) is 14.1. The van der Waals surface area contributed by atoms with Crippen LogP contribution in [0.5, 0.6) is 11.5 Å². The summed E-state index contributed by atoms with van der Waals surface area (Å²) in [4.78, 5) is 16.1. The lowest BCUT2D eigenvalue weighted by Crippen LogP contribution is -2.14. The van der Waals surface area contributed by atoms with E-state index in [1.54, 1.807) is 42.5 Å². The molecule has 0 amide bonds. The molecular weight excluding hydrogens is 322 g/mol. The van der Waals surface area contributed by atoms with Crippen molar-refractivity contribution in [2.45, 2.75) is 19.8 Å². The van der Waals surface area contributed by atoms with Crippen molar-refractivity contribution < 1.29 is 24.6 Å². The number of carboxylic acid groups (broad SMARTS) is 1. The molecule has 0 bridgehead atoms. The number of hydrogen-bond acceptors (Lipinski definition) is 4. The summed E-state index contributed by atoms with van der Waals surface area (Å²) in [7, 11) is 0. The van der Waals surface area contributed by atoms with E-state index in [0.29, 0.717) is 29.4 Å². The van der Waals surface area contributed by atoms with E-state index >= 15 is 0 Å². The zero-order chi connectivity index (χ0) is 18.1. The van der Waals surface area contributed by atoms with Crippen molar-refractivity contribution in [1.29, 1.82) is 0 Å². The summed E-state index contributed by atoms with van der Waals surface area (Å²) < 4.78 is 5.75. The van der Waals surface area contributed by atoms with Crippen LogP contribution in [0.2, 0.25) is 0 Å². The van der Waals surface area contributed by atoms with Crippen molar-refractivity contribution in [2.75, 3.05) is 13.2 Å². The lowest BCUT2D eigenvalue weighted by Gasteiger charge is -2.10. The van der Waals surface area contributed by atoms with Crippen LogP contribution >= 0.6 is 0 Å². The van der Waals surface area contributed by atoms with E-state index < -0.39 is 5.97 Å². The third-order valence-electron chi connectivity index (χ3n) is 3.30. The van der Waals surface area contributed by atoms with Crippen molar-refractivity contribution in [1.82, 2.24) is 0 Å². The highest BCUT2D eigenvalue weighted by Gasteiger charge is 2.09. The molecule has 0 aliphatic rings. The Balaban J connectivity index is 2.12. The monoisotopic (exact) mass is 344 g/mol. The second-order valence-electron chi connectivity index (χ2n) is 5.46. The van der Waals surface area contributed by atoms with Crippen LogP contribution in [0, 0.1) is 0 Å². The molecule has 132 valence electrons. The van der Waals surface area contributed by atoms with Crippen LogP contribution in [0.4, 0.5) is 0 Å². The molecule has 0 saturated carbocycles. The Morgan fingerprint density at radius 1 is 1.20 bits per heavy atom. The van der Waals surface area contributed by atoms with E-state index in [0.717, 1.165) is 12.0 Å². The molecule has 2 aromatic carbocycles. The number of carboxylic acids is 1. The Bertz CT molecular complexity index is 742. The highest BCUT2D eigenvalue weighted by Crippen LogP contribution is 2.16. The van der Waals surface area contributed by atoms with Gasteiger partial charge in [0.15, 0.2) is 0 Å². The Labute approximate surface area is 146 Å². The summed E-state index contributed by atoms with van der Waals surface area (Å²) in [6.45, 7) is 2.64. The minimum absolute atomic E-state index is 0.0569.